The minimum Gasteiger partial charge on any atom is -0.497 e. The Morgan fingerprint density at radius 1 is 0.964 bits per heavy atom. The van der Waals surface area contributed by atoms with Gasteiger partial charge in [0.1, 0.15) is 5.75 Å². The van der Waals surface area contributed by atoms with Crippen molar-refractivity contribution in [3.05, 3.63) is 59.7 Å². The zero-order valence-corrected chi connectivity index (χ0v) is 16.9. The molecule has 6 nitrogen and oxygen atoms in total. The molecule has 1 aliphatic heterocycles. The van der Waals surface area contributed by atoms with E-state index in [0.29, 0.717) is 12.5 Å². The van der Waals surface area contributed by atoms with Gasteiger partial charge in [-0.2, -0.15) is 0 Å². The minimum atomic E-state index is 0.406. The van der Waals surface area contributed by atoms with Crippen molar-refractivity contribution < 1.29 is 4.74 Å². The van der Waals surface area contributed by atoms with Gasteiger partial charge < -0.3 is 20.7 Å². The van der Waals surface area contributed by atoms with Gasteiger partial charge in [-0.1, -0.05) is 31.2 Å². The molecule has 0 spiro atoms. The zero-order chi connectivity index (χ0) is 19.8. The van der Waals surface area contributed by atoms with Gasteiger partial charge in [0, 0.05) is 38.4 Å². The molecule has 1 heterocycles. The molecule has 2 aromatic carbocycles. The molecule has 0 bridgehead atoms. The minimum absolute atomic E-state index is 0.406. The first-order valence-electron chi connectivity index (χ1n) is 9.90. The first-order valence-corrected chi connectivity index (χ1v) is 9.90. The summed E-state index contributed by atoms with van der Waals surface area (Å²) in [5.74, 6) is 1.22. The van der Waals surface area contributed by atoms with Crippen LogP contribution in [0, 0.1) is 0 Å². The molecule has 0 aliphatic carbocycles. The van der Waals surface area contributed by atoms with Gasteiger partial charge in [-0.05, 0) is 41.9 Å². The van der Waals surface area contributed by atoms with Crippen LogP contribution in [0.1, 0.15) is 18.1 Å². The summed E-state index contributed by atoms with van der Waals surface area (Å²) in [6.07, 6.45) is 0. The zero-order valence-electron chi connectivity index (χ0n) is 16.9. The maximum atomic E-state index is 6.00. The van der Waals surface area contributed by atoms with E-state index in [-0.39, 0.29) is 0 Å². The molecule has 0 radical (unpaired) electrons. The van der Waals surface area contributed by atoms with Crippen LogP contribution in [0.4, 0.5) is 5.69 Å². The molecular weight excluding hydrogens is 350 g/mol. The number of rotatable bonds is 7. The molecule has 0 atom stereocenters. The highest BCUT2D eigenvalue weighted by Crippen LogP contribution is 2.15. The molecule has 0 aromatic heterocycles. The van der Waals surface area contributed by atoms with Crippen LogP contribution in [0.2, 0.25) is 0 Å². The fourth-order valence-electron chi connectivity index (χ4n) is 3.31. The smallest absolute Gasteiger partial charge is 0.193 e. The summed E-state index contributed by atoms with van der Waals surface area (Å²) in [6, 6.07) is 16.3. The number of hydrogen-bond donors (Lipinski definition) is 2. The number of nitrogens with zero attached hydrogens (tertiary/aromatic N) is 3. The second-order valence-corrected chi connectivity index (χ2v) is 7.08. The molecule has 0 amide bonds. The molecule has 3 N–H and O–H groups in total. The third-order valence-corrected chi connectivity index (χ3v) is 5.14. The SMILES string of the molecule is CCN1CCN(Cc2ccc(CN=C(N)Nc3ccc(OC)cc3)cc2)CC1. The van der Waals surface area contributed by atoms with Crippen molar-refractivity contribution in [1.82, 2.24) is 9.80 Å². The second kappa shape index (κ2) is 10.1. The van der Waals surface area contributed by atoms with E-state index in [1.54, 1.807) is 7.11 Å². The van der Waals surface area contributed by atoms with Gasteiger partial charge in [-0.25, -0.2) is 4.99 Å². The maximum absolute atomic E-state index is 6.00. The van der Waals surface area contributed by atoms with Crippen molar-refractivity contribution in [3.63, 3.8) is 0 Å². The summed E-state index contributed by atoms with van der Waals surface area (Å²) >= 11 is 0. The Morgan fingerprint density at radius 3 is 2.18 bits per heavy atom. The Morgan fingerprint density at radius 2 is 1.57 bits per heavy atom. The summed E-state index contributed by atoms with van der Waals surface area (Å²) in [7, 11) is 1.65. The van der Waals surface area contributed by atoms with Crippen molar-refractivity contribution >= 4 is 11.6 Å². The average Bonchev–Trinajstić information content (AvgIpc) is 2.74. The predicted molar refractivity (Wildman–Crippen MR) is 116 cm³/mol. The molecule has 3 rings (SSSR count). The Bertz CT molecular complexity index is 750. The van der Waals surface area contributed by atoms with Gasteiger partial charge in [0.2, 0.25) is 0 Å². The predicted octanol–water partition coefficient (Wildman–Crippen LogP) is 2.76. The lowest BCUT2D eigenvalue weighted by Gasteiger charge is -2.34. The first kappa shape index (κ1) is 20.2. The third-order valence-electron chi connectivity index (χ3n) is 5.14. The number of benzene rings is 2. The van der Waals surface area contributed by atoms with E-state index in [2.05, 4.69) is 51.3 Å². The van der Waals surface area contributed by atoms with E-state index in [9.17, 15) is 0 Å². The summed E-state index contributed by atoms with van der Waals surface area (Å²) in [4.78, 5) is 9.46. The van der Waals surface area contributed by atoms with E-state index in [1.165, 1.54) is 18.7 Å². The van der Waals surface area contributed by atoms with Crippen molar-refractivity contribution in [2.75, 3.05) is 45.2 Å². The normalized spacial score (nSPS) is 16.1. The summed E-state index contributed by atoms with van der Waals surface area (Å²) in [6.45, 7) is 9.59. The van der Waals surface area contributed by atoms with E-state index in [1.807, 2.05) is 24.3 Å². The van der Waals surface area contributed by atoms with E-state index >= 15 is 0 Å². The van der Waals surface area contributed by atoms with Crippen LogP contribution in [-0.2, 0) is 13.1 Å². The summed E-state index contributed by atoms with van der Waals surface area (Å²) in [5.41, 5.74) is 9.39. The van der Waals surface area contributed by atoms with Crippen LogP contribution in [0.5, 0.6) is 5.75 Å². The lowest BCUT2D eigenvalue weighted by molar-refractivity contribution is 0.132. The number of nitrogens with one attached hydrogen (secondary N) is 1. The van der Waals surface area contributed by atoms with E-state index in [0.717, 1.165) is 43.2 Å². The molecule has 1 saturated heterocycles. The van der Waals surface area contributed by atoms with Gasteiger partial charge >= 0.3 is 0 Å². The van der Waals surface area contributed by atoms with Crippen LogP contribution in [0.15, 0.2) is 53.5 Å². The quantitative estimate of drug-likeness (QED) is 0.570. The monoisotopic (exact) mass is 381 g/mol. The molecule has 150 valence electrons. The Kier molecular flexibility index (Phi) is 7.28. The lowest BCUT2D eigenvalue weighted by Crippen LogP contribution is -2.45. The summed E-state index contributed by atoms with van der Waals surface area (Å²) < 4.78 is 5.15. The van der Waals surface area contributed by atoms with Gasteiger partial charge in [-0.15, -0.1) is 0 Å². The number of ether oxygens (including phenoxy) is 1. The fourth-order valence-corrected chi connectivity index (χ4v) is 3.31. The van der Waals surface area contributed by atoms with E-state index < -0.39 is 0 Å². The lowest BCUT2D eigenvalue weighted by atomic mass is 10.1. The van der Waals surface area contributed by atoms with E-state index in [4.69, 9.17) is 10.5 Å². The van der Waals surface area contributed by atoms with Crippen molar-refractivity contribution in [2.45, 2.75) is 20.0 Å². The molecular formula is C22H31N5O. The fraction of sp³-hybridized carbons (Fsp3) is 0.409. The number of aliphatic imine (C=N–C) groups is 1. The highest BCUT2D eigenvalue weighted by molar-refractivity contribution is 5.92. The standard InChI is InChI=1S/C22H31N5O/c1-3-26-12-14-27(15-13-26)17-19-6-4-18(5-7-19)16-24-22(23)25-20-8-10-21(28-2)11-9-20/h4-11H,3,12-17H2,1-2H3,(H3,23,24,25). The first-order chi connectivity index (χ1) is 13.7. The van der Waals surface area contributed by atoms with Crippen molar-refractivity contribution in [3.8, 4) is 5.75 Å². The molecule has 6 heteroatoms. The number of likely N-dealkylation sites (N-methyl/N-ethyl adjacent to an activating group) is 1. The number of methoxy groups -OCH3 is 1. The Hall–Kier alpha value is -2.57. The highest BCUT2D eigenvalue weighted by atomic mass is 16.5. The van der Waals surface area contributed by atoms with Crippen LogP contribution >= 0.6 is 0 Å². The number of piperazine rings is 1. The highest BCUT2D eigenvalue weighted by Gasteiger charge is 2.15. The van der Waals surface area contributed by atoms with Crippen LogP contribution in [0.25, 0.3) is 0 Å². The van der Waals surface area contributed by atoms with Gasteiger partial charge in [0.05, 0.1) is 13.7 Å². The number of anilines is 1. The van der Waals surface area contributed by atoms with Gasteiger partial charge in [0.15, 0.2) is 5.96 Å². The third kappa shape index (κ3) is 5.97. The van der Waals surface area contributed by atoms with Gasteiger partial charge in [0.25, 0.3) is 0 Å². The average molecular weight is 382 g/mol. The second-order valence-electron chi connectivity index (χ2n) is 7.08. The van der Waals surface area contributed by atoms with Crippen LogP contribution in [-0.4, -0.2) is 55.6 Å². The molecule has 0 unspecified atom stereocenters. The Balaban J connectivity index is 1.47. The van der Waals surface area contributed by atoms with Gasteiger partial charge in [-0.3, -0.25) is 4.90 Å². The van der Waals surface area contributed by atoms with Crippen molar-refractivity contribution in [2.24, 2.45) is 10.7 Å². The van der Waals surface area contributed by atoms with Crippen LogP contribution in [0.3, 0.4) is 0 Å². The Labute approximate surface area is 168 Å². The number of nitrogens with two attached hydrogens (primary N) is 1. The molecule has 2 aromatic rings. The molecule has 1 aliphatic rings. The van der Waals surface area contributed by atoms with Crippen LogP contribution < -0.4 is 15.8 Å². The molecule has 0 saturated carbocycles. The largest absolute Gasteiger partial charge is 0.497 e. The molecule has 1 fully saturated rings. The topological polar surface area (TPSA) is 66.1 Å². The number of hydrogen-bond acceptors (Lipinski definition) is 4. The molecule has 28 heavy (non-hydrogen) atoms. The van der Waals surface area contributed by atoms with Crippen molar-refractivity contribution in [1.29, 1.82) is 0 Å². The maximum Gasteiger partial charge on any atom is 0.193 e. The number of guanidine groups is 1. The summed E-state index contributed by atoms with van der Waals surface area (Å²) in [5, 5.41) is 3.10.